The lowest BCUT2D eigenvalue weighted by Gasteiger charge is -2.16. The van der Waals surface area contributed by atoms with Gasteiger partial charge >= 0.3 is 0 Å². The molecular weight excluding hydrogens is 264 g/mol. The number of hydrogen-bond donors (Lipinski definition) is 1. The van der Waals surface area contributed by atoms with Crippen molar-refractivity contribution >= 4 is 5.91 Å². The molecular formula is C17H18N2O2. The van der Waals surface area contributed by atoms with E-state index in [1.54, 1.807) is 19.5 Å². The SMILES string of the molecule is COc1ccc(C2(C(=O)NCc3ccncc3)CC2)cc1. The second kappa shape index (κ2) is 5.56. The number of pyridine rings is 1. The zero-order chi connectivity index (χ0) is 14.7. The van der Waals surface area contributed by atoms with Gasteiger partial charge in [-0.05, 0) is 48.2 Å². The van der Waals surface area contributed by atoms with Crippen LogP contribution in [-0.4, -0.2) is 18.0 Å². The van der Waals surface area contributed by atoms with Crippen LogP contribution in [0.25, 0.3) is 0 Å². The van der Waals surface area contributed by atoms with E-state index in [1.807, 2.05) is 36.4 Å². The lowest BCUT2D eigenvalue weighted by atomic mass is 9.95. The Bertz CT molecular complexity index is 619. The van der Waals surface area contributed by atoms with Crippen molar-refractivity contribution in [2.24, 2.45) is 0 Å². The first kappa shape index (κ1) is 13.6. The fourth-order valence-corrected chi connectivity index (χ4v) is 2.53. The molecule has 1 aromatic carbocycles. The normalized spacial score (nSPS) is 15.3. The number of hydrogen-bond acceptors (Lipinski definition) is 3. The van der Waals surface area contributed by atoms with Gasteiger partial charge in [0.15, 0.2) is 0 Å². The highest BCUT2D eigenvalue weighted by Crippen LogP contribution is 2.48. The smallest absolute Gasteiger partial charge is 0.230 e. The summed E-state index contributed by atoms with van der Waals surface area (Å²) in [7, 11) is 1.64. The maximum Gasteiger partial charge on any atom is 0.230 e. The highest BCUT2D eigenvalue weighted by Gasteiger charge is 2.51. The number of rotatable bonds is 5. The maximum atomic E-state index is 12.5. The summed E-state index contributed by atoms with van der Waals surface area (Å²) in [5, 5.41) is 3.03. The summed E-state index contributed by atoms with van der Waals surface area (Å²) in [6.45, 7) is 0.541. The maximum absolute atomic E-state index is 12.5. The van der Waals surface area contributed by atoms with Gasteiger partial charge in [-0.15, -0.1) is 0 Å². The van der Waals surface area contributed by atoms with E-state index < -0.39 is 0 Å². The lowest BCUT2D eigenvalue weighted by Crippen LogP contribution is -2.34. The summed E-state index contributed by atoms with van der Waals surface area (Å²) in [6, 6.07) is 11.6. The molecule has 0 bridgehead atoms. The van der Waals surface area contributed by atoms with Crippen molar-refractivity contribution in [3.05, 3.63) is 59.9 Å². The molecule has 1 heterocycles. The second-order valence-electron chi connectivity index (χ2n) is 5.35. The number of nitrogens with zero attached hydrogens (tertiary/aromatic N) is 1. The van der Waals surface area contributed by atoms with Gasteiger partial charge in [0.25, 0.3) is 0 Å². The first-order valence-electron chi connectivity index (χ1n) is 7.06. The summed E-state index contributed by atoms with van der Waals surface area (Å²) in [5.74, 6) is 0.913. The third-order valence-corrected chi connectivity index (χ3v) is 4.03. The Kier molecular flexibility index (Phi) is 3.60. The molecule has 4 heteroatoms. The van der Waals surface area contributed by atoms with E-state index >= 15 is 0 Å². The van der Waals surface area contributed by atoms with Crippen molar-refractivity contribution in [1.29, 1.82) is 0 Å². The van der Waals surface area contributed by atoms with E-state index in [0.717, 1.165) is 29.7 Å². The van der Waals surface area contributed by atoms with E-state index in [4.69, 9.17) is 4.74 Å². The van der Waals surface area contributed by atoms with Crippen LogP contribution in [0.2, 0.25) is 0 Å². The van der Waals surface area contributed by atoms with E-state index in [0.29, 0.717) is 6.54 Å². The molecule has 0 aliphatic heterocycles. The molecule has 1 amide bonds. The molecule has 4 nitrogen and oxygen atoms in total. The number of methoxy groups -OCH3 is 1. The van der Waals surface area contributed by atoms with E-state index in [2.05, 4.69) is 10.3 Å². The number of aromatic nitrogens is 1. The van der Waals surface area contributed by atoms with Gasteiger partial charge in [-0.2, -0.15) is 0 Å². The number of ether oxygens (including phenoxy) is 1. The van der Waals surface area contributed by atoms with Crippen LogP contribution < -0.4 is 10.1 Å². The highest BCUT2D eigenvalue weighted by atomic mass is 16.5. The largest absolute Gasteiger partial charge is 0.497 e. The van der Waals surface area contributed by atoms with Crippen LogP contribution in [0.3, 0.4) is 0 Å². The molecule has 3 rings (SSSR count). The Labute approximate surface area is 124 Å². The molecule has 0 atom stereocenters. The van der Waals surface area contributed by atoms with Gasteiger partial charge in [0.2, 0.25) is 5.91 Å². The molecule has 0 radical (unpaired) electrons. The van der Waals surface area contributed by atoms with Gasteiger partial charge in [-0.1, -0.05) is 12.1 Å². The molecule has 21 heavy (non-hydrogen) atoms. The van der Waals surface area contributed by atoms with Crippen LogP contribution in [0.4, 0.5) is 0 Å². The second-order valence-corrected chi connectivity index (χ2v) is 5.35. The summed E-state index contributed by atoms with van der Waals surface area (Å²) >= 11 is 0. The lowest BCUT2D eigenvalue weighted by molar-refractivity contribution is -0.123. The topological polar surface area (TPSA) is 51.2 Å². The molecule has 0 unspecified atom stereocenters. The molecule has 1 saturated carbocycles. The number of benzene rings is 1. The summed E-state index contributed by atoms with van der Waals surface area (Å²) in [6.07, 6.45) is 5.28. The van der Waals surface area contributed by atoms with Gasteiger partial charge in [-0.3, -0.25) is 9.78 Å². The minimum Gasteiger partial charge on any atom is -0.497 e. The Hall–Kier alpha value is -2.36. The Balaban J connectivity index is 1.68. The zero-order valence-corrected chi connectivity index (χ0v) is 12.0. The third kappa shape index (κ3) is 2.75. The van der Waals surface area contributed by atoms with Crippen molar-refractivity contribution in [3.8, 4) is 5.75 Å². The summed E-state index contributed by atoms with van der Waals surface area (Å²) in [4.78, 5) is 16.5. The molecule has 0 saturated heterocycles. The van der Waals surface area contributed by atoms with Crippen LogP contribution in [-0.2, 0) is 16.8 Å². The Morgan fingerprint density at radius 2 is 1.86 bits per heavy atom. The highest BCUT2D eigenvalue weighted by molar-refractivity contribution is 5.91. The van der Waals surface area contributed by atoms with Crippen molar-refractivity contribution in [3.63, 3.8) is 0 Å². The standard InChI is InChI=1S/C17H18N2O2/c1-21-15-4-2-14(3-5-15)17(8-9-17)16(20)19-12-13-6-10-18-11-7-13/h2-7,10-11H,8-9,12H2,1H3,(H,19,20). The Morgan fingerprint density at radius 3 is 2.43 bits per heavy atom. The van der Waals surface area contributed by atoms with Gasteiger partial charge in [0, 0.05) is 18.9 Å². The third-order valence-electron chi connectivity index (χ3n) is 4.03. The molecule has 1 fully saturated rings. The van der Waals surface area contributed by atoms with Crippen molar-refractivity contribution in [2.45, 2.75) is 24.8 Å². The number of nitrogens with one attached hydrogen (secondary N) is 1. The predicted octanol–water partition coefficient (Wildman–Crippen LogP) is 2.44. The average molecular weight is 282 g/mol. The summed E-state index contributed by atoms with van der Waals surface area (Å²) < 4.78 is 5.16. The van der Waals surface area contributed by atoms with Gasteiger partial charge in [0.05, 0.1) is 12.5 Å². The number of carbonyl (C=O) groups is 1. The van der Waals surface area contributed by atoms with Crippen LogP contribution in [0.5, 0.6) is 5.75 Å². The average Bonchev–Trinajstić information content (AvgIpc) is 3.35. The molecule has 1 N–H and O–H groups in total. The predicted molar refractivity (Wildman–Crippen MR) is 80.0 cm³/mol. The van der Waals surface area contributed by atoms with E-state index in [1.165, 1.54) is 0 Å². The molecule has 1 aliphatic rings. The minimum atomic E-state index is -0.348. The van der Waals surface area contributed by atoms with E-state index in [9.17, 15) is 4.79 Å². The van der Waals surface area contributed by atoms with Gasteiger partial charge in [0.1, 0.15) is 5.75 Å². The van der Waals surface area contributed by atoms with Crippen LogP contribution in [0, 0.1) is 0 Å². The first-order valence-corrected chi connectivity index (χ1v) is 7.06. The van der Waals surface area contributed by atoms with Crippen molar-refractivity contribution < 1.29 is 9.53 Å². The molecule has 0 spiro atoms. The molecule has 2 aromatic rings. The molecule has 1 aliphatic carbocycles. The van der Waals surface area contributed by atoms with E-state index in [-0.39, 0.29) is 11.3 Å². The fourth-order valence-electron chi connectivity index (χ4n) is 2.53. The molecule has 1 aromatic heterocycles. The molecule has 108 valence electrons. The van der Waals surface area contributed by atoms with Gasteiger partial charge in [-0.25, -0.2) is 0 Å². The zero-order valence-electron chi connectivity index (χ0n) is 12.0. The fraction of sp³-hybridized carbons (Fsp3) is 0.294. The van der Waals surface area contributed by atoms with Gasteiger partial charge < -0.3 is 10.1 Å². The quantitative estimate of drug-likeness (QED) is 0.916. The number of amides is 1. The van der Waals surface area contributed by atoms with Crippen LogP contribution >= 0.6 is 0 Å². The van der Waals surface area contributed by atoms with Crippen LogP contribution in [0.15, 0.2) is 48.8 Å². The van der Waals surface area contributed by atoms with Crippen molar-refractivity contribution in [2.75, 3.05) is 7.11 Å². The number of carbonyl (C=O) groups excluding carboxylic acids is 1. The first-order chi connectivity index (χ1) is 10.2. The minimum absolute atomic E-state index is 0.101. The monoisotopic (exact) mass is 282 g/mol. The summed E-state index contributed by atoms with van der Waals surface area (Å²) in [5.41, 5.74) is 1.78. The Morgan fingerprint density at radius 1 is 1.19 bits per heavy atom. The van der Waals surface area contributed by atoms with Crippen LogP contribution in [0.1, 0.15) is 24.0 Å². The van der Waals surface area contributed by atoms with Crippen molar-refractivity contribution in [1.82, 2.24) is 10.3 Å².